The topological polar surface area (TPSA) is 3.24 Å². The lowest BCUT2D eigenvalue weighted by molar-refractivity contribution is 0.756. The molecule has 0 spiro atoms. The van der Waals surface area contributed by atoms with Crippen LogP contribution in [0.3, 0.4) is 0 Å². The summed E-state index contributed by atoms with van der Waals surface area (Å²) in [7, 11) is 0.716. The molecule has 5 aromatic carbocycles. The highest BCUT2D eigenvalue weighted by Gasteiger charge is 2.26. The van der Waals surface area contributed by atoms with Crippen molar-refractivity contribution in [3.05, 3.63) is 133 Å². The summed E-state index contributed by atoms with van der Waals surface area (Å²) in [4.78, 5) is 2.42. The van der Waals surface area contributed by atoms with E-state index in [1.54, 1.807) is 0 Å². The predicted octanol–water partition coefficient (Wildman–Crippen LogP) is 8.07. The summed E-state index contributed by atoms with van der Waals surface area (Å²) in [6, 6.07) is 46.3. The van der Waals surface area contributed by atoms with Gasteiger partial charge < -0.3 is 4.90 Å². The maximum atomic E-state index is 2.42. The van der Waals surface area contributed by atoms with Crippen LogP contribution in [0.1, 0.15) is 19.4 Å². The Labute approximate surface area is 210 Å². The summed E-state index contributed by atoms with van der Waals surface area (Å²) < 4.78 is 0. The molecule has 0 saturated heterocycles. The molecule has 1 nitrogen and oxygen atoms in total. The quantitative estimate of drug-likeness (QED) is 0.238. The van der Waals surface area contributed by atoms with Gasteiger partial charge in [-0.05, 0) is 46.0 Å². The number of hydrogen-bond donors (Lipinski definition) is 0. The molecule has 35 heavy (non-hydrogen) atoms. The van der Waals surface area contributed by atoms with E-state index < -0.39 is 0 Å². The second-order valence-electron chi connectivity index (χ2n) is 9.58. The van der Waals surface area contributed by atoms with Gasteiger partial charge in [0.1, 0.15) is 0 Å². The molecule has 6 rings (SSSR count). The molecule has 5 aromatic rings. The van der Waals surface area contributed by atoms with Crippen LogP contribution < -0.4 is 10.1 Å². The van der Waals surface area contributed by atoms with Crippen molar-refractivity contribution in [2.75, 3.05) is 4.90 Å². The van der Waals surface area contributed by atoms with Crippen LogP contribution in [0, 0.1) is 0 Å². The summed E-state index contributed by atoms with van der Waals surface area (Å²) in [6.07, 6.45) is 0. The molecule has 0 unspecified atom stereocenters. The molecule has 2 radical (unpaired) electrons. The molecule has 168 valence electrons. The number of hydrogen-bond acceptors (Lipinski definition) is 1. The van der Waals surface area contributed by atoms with Gasteiger partial charge in [-0.1, -0.05) is 122 Å². The van der Waals surface area contributed by atoms with E-state index in [4.69, 9.17) is 0 Å². The predicted molar refractivity (Wildman–Crippen MR) is 150 cm³/mol. The number of fused-ring (bicyclic) bond motifs is 5. The molecule has 0 aliphatic carbocycles. The van der Waals surface area contributed by atoms with Crippen molar-refractivity contribution in [1.29, 1.82) is 0 Å². The Balaban J connectivity index is 1.46. The molecular weight excluding hydrogens is 438 g/mol. The van der Waals surface area contributed by atoms with Crippen molar-refractivity contribution in [3.63, 3.8) is 0 Å². The van der Waals surface area contributed by atoms with Gasteiger partial charge in [0.15, 0.2) is 0 Å². The number of anilines is 3. The monoisotopic (exact) mass is 465 g/mol. The van der Waals surface area contributed by atoms with Crippen LogP contribution in [0.25, 0.3) is 22.3 Å². The van der Waals surface area contributed by atoms with Gasteiger partial charge in [-0.2, -0.15) is 0 Å². The molecule has 0 bridgehead atoms. The first kappa shape index (κ1) is 21.6. The molecule has 0 atom stereocenters. The Bertz CT molecular complexity index is 1420. The largest absolute Gasteiger partial charge is 0.309 e. The van der Waals surface area contributed by atoms with Crippen molar-refractivity contribution >= 4 is 31.8 Å². The third-order valence-corrected chi connectivity index (χ3v) is 8.41. The number of rotatable bonds is 4. The summed E-state index contributed by atoms with van der Waals surface area (Å²) in [5, 5.41) is 1.47. The van der Waals surface area contributed by atoms with Crippen LogP contribution in [-0.2, 0) is 5.04 Å². The van der Waals surface area contributed by atoms with Gasteiger partial charge >= 0.3 is 0 Å². The summed E-state index contributed by atoms with van der Waals surface area (Å²) in [5.74, 6) is 0. The first-order valence-electron chi connectivity index (χ1n) is 12.1. The van der Waals surface area contributed by atoms with E-state index in [1.165, 1.54) is 50.1 Å². The molecule has 0 amide bonds. The van der Waals surface area contributed by atoms with Gasteiger partial charge in [0.05, 0.1) is 20.9 Å². The summed E-state index contributed by atoms with van der Waals surface area (Å²) in [6.45, 7) is 4.70. The molecule has 0 saturated carbocycles. The molecule has 0 fully saturated rings. The van der Waals surface area contributed by atoms with Crippen molar-refractivity contribution in [2.45, 2.75) is 18.9 Å². The van der Waals surface area contributed by atoms with Crippen molar-refractivity contribution in [2.24, 2.45) is 0 Å². The third kappa shape index (κ3) is 3.90. The molecule has 0 aromatic heterocycles. The van der Waals surface area contributed by atoms with E-state index in [9.17, 15) is 0 Å². The van der Waals surface area contributed by atoms with Gasteiger partial charge in [-0.3, -0.25) is 0 Å². The smallest absolute Gasteiger partial charge is 0.0924 e. The van der Waals surface area contributed by atoms with E-state index in [1.807, 2.05) is 0 Å². The fourth-order valence-electron chi connectivity index (χ4n) is 5.14. The first-order chi connectivity index (χ1) is 17.1. The highest BCUT2D eigenvalue weighted by molar-refractivity contribution is 6.56. The minimum Gasteiger partial charge on any atom is -0.309 e. The Hall–Kier alpha value is -3.88. The summed E-state index contributed by atoms with van der Waals surface area (Å²) >= 11 is 0. The van der Waals surface area contributed by atoms with Gasteiger partial charge in [0.25, 0.3) is 0 Å². The average molecular weight is 466 g/mol. The zero-order chi connectivity index (χ0) is 23.8. The Morgan fingerprint density at radius 1 is 0.486 bits per heavy atom. The van der Waals surface area contributed by atoms with E-state index >= 15 is 0 Å². The lowest BCUT2D eigenvalue weighted by atomic mass is 9.95. The van der Waals surface area contributed by atoms with E-state index in [0.29, 0.717) is 9.52 Å². The highest BCUT2D eigenvalue weighted by Crippen LogP contribution is 2.50. The van der Waals surface area contributed by atoms with E-state index in [0.717, 1.165) is 0 Å². The fourth-order valence-corrected chi connectivity index (χ4v) is 6.53. The minimum atomic E-state index is 0.0741. The Morgan fingerprint density at radius 3 is 1.49 bits per heavy atom. The van der Waals surface area contributed by atoms with E-state index in [2.05, 4.69) is 146 Å². The lowest BCUT2D eigenvalue weighted by Gasteiger charge is -2.29. The number of para-hydroxylation sites is 2. The van der Waals surface area contributed by atoms with Crippen LogP contribution in [0.15, 0.2) is 127 Å². The Morgan fingerprint density at radius 2 is 0.943 bits per heavy atom. The van der Waals surface area contributed by atoms with Crippen molar-refractivity contribution in [1.82, 2.24) is 0 Å². The normalized spacial score (nSPS) is 12.3. The van der Waals surface area contributed by atoms with Crippen LogP contribution >= 0.6 is 0 Å². The maximum Gasteiger partial charge on any atom is 0.0924 e. The van der Waals surface area contributed by atoms with Crippen molar-refractivity contribution in [3.8, 4) is 22.3 Å². The highest BCUT2D eigenvalue weighted by atomic mass is 28.2. The van der Waals surface area contributed by atoms with Gasteiger partial charge in [-0.25, -0.2) is 0 Å². The number of nitrogens with zero attached hydrogens (tertiary/aromatic N) is 1. The van der Waals surface area contributed by atoms with Gasteiger partial charge in [-0.15, -0.1) is 0 Å². The lowest BCUT2D eigenvalue weighted by Crippen LogP contribution is -2.34. The first-order valence-corrected chi connectivity index (χ1v) is 13.1. The zero-order valence-electron chi connectivity index (χ0n) is 20.1. The number of benzene rings is 5. The second-order valence-corrected chi connectivity index (χ2v) is 11.7. The average Bonchev–Trinajstić information content (AvgIpc) is 3.02. The second kappa shape index (κ2) is 8.72. The molecule has 1 aliphatic heterocycles. The molecule has 0 N–H and O–H groups in total. The SMILES string of the molecule is CC(C)([Si]c1ccccc1)c1ccc(N2c3ccccc3-c3ccccc3-c3ccccc32)cc1. The maximum absolute atomic E-state index is 2.42. The minimum absolute atomic E-state index is 0.0741. The summed E-state index contributed by atoms with van der Waals surface area (Å²) in [5.41, 5.74) is 10.0. The van der Waals surface area contributed by atoms with Crippen LogP contribution in [0.4, 0.5) is 17.1 Å². The standard InChI is InChI=1S/C33H27NSi/c1-33(2,35-26-12-4-3-5-13-26)24-20-22-25(23-21-24)34-31-18-10-8-16-29(31)27-14-6-7-15-28(27)30-17-9-11-19-32(30)34/h3-23H,1-2H3. The van der Waals surface area contributed by atoms with Crippen molar-refractivity contribution < 1.29 is 0 Å². The third-order valence-electron chi connectivity index (χ3n) is 6.88. The van der Waals surface area contributed by atoms with Crippen LogP contribution in [-0.4, -0.2) is 9.52 Å². The van der Waals surface area contributed by atoms with Crippen LogP contribution in [0.5, 0.6) is 0 Å². The molecule has 2 heteroatoms. The molecular formula is C33H27NSi. The fraction of sp³-hybridized carbons (Fsp3) is 0.0909. The molecule has 1 aliphatic rings. The van der Waals surface area contributed by atoms with E-state index in [-0.39, 0.29) is 5.04 Å². The van der Waals surface area contributed by atoms with Crippen LogP contribution in [0.2, 0.25) is 0 Å². The Kier molecular flexibility index (Phi) is 5.39. The van der Waals surface area contributed by atoms with Gasteiger partial charge in [0.2, 0.25) is 0 Å². The zero-order valence-corrected chi connectivity index (χ0v) is 21.1. The molecule has 1 heterocycles. The van der Waals surface area contributed by atoms with Gasteiger partial charge in [0, 0.05) is 16.8 Å².